The molecule has 0 bridgehead atoms. The monoisotopic (exact) mass is 176 g/mol. The van der Waals surface area contributed by atoms with Crippen molar-refractivity contribution in [1.29, 1.82) is 0 Å². The summed E-state index contributed by atoms with van der Waals surface area (Å²) < 4.78 is -1.08. The van der Waals surface area contributed by atoms with Gasteiger partial charge >= 0.3 is 0 Å². The average Bonchev–Trinajstić information content (AvgIpc) is 2.31. The number of halogens is 2. The number of rotatable bonds is 0. The minimum absolute atomic E-state index is 0.0231. The van der Waals surface area contributed by atoms with Crippen molar-refractivity contribution in [2.75, 3.05) is 0 Å². The van der Waals surface area contributed by atoms with Crippen molar-refractivity contribution in [3.05, 3.63) is 12.2 Å². The van der Waals surface area contributed by atoms with Gasteiger partial charge in [0, 0.05) is 11.8 Å². The minimum atomic E-state index is -1.08. The molecule has 0 saturated heterocycles. The van der Waals surface area contributed by atoms with Gasteiger partial charge in [0.2, 0.25) is 0 Å². The van der Waals surface area contributed by atoms with Crippen LogP contribution < -0.4 is 0 Å². The first-order valence-corrected chi connectivity index (χ1v) is 3.98. The van der Waals surface area contributed by atoms with E-state index in [2.05, 4.69) is 0 Å². The van der Waals surface area contributed by atoms with Gasteiger partial charge in [-0.25, -0.2) is 0 Å². The standard InChI is InChI=1S/C7H6Cl2O/c8-7(9)5-3-1-2-4(5)6(7)10/h1-2,4-5H,3H2/t4-,5-/m0/s1. The van der Waals surface area contributed by atoms with Crippen LogP contribution >= 0.6 is 23.2 Å². The summed E-state index contributed by atoms with van der Waals surface area (Å²) in [6.45, 7) is 0. The maximum atomic E-state index is 11.0. The van der Waals surface area contributed by atoms with Crippen LogP contribution in [-0.2, 0) is 4.79 Å². The summed E-state index contributed by atoms with van der Waals surface area (Å²) in [4.78, 5) is 11.0. The average molecular weight is 177 g/mol. The summed E-state index contributed by atoms with van der Waals surface area (Å²) >= 11 is 11.5. The van der Waals surface area contributed by atoms with E-state index in [9.17, 15) is 4.79 Å². The molecule has 1 nitrogen and oxygen atoms in total. The number of fused-ring (bicyclic) bond motifs is 1. The first kappa shape index (κ1) is 6.68. The van der Waals surface area contributed by atoms with Crippen molar-refractivity contribution in [1.82, 2.24) is 0 Å². The Balaban J connectivity index is 2.28. The Morgan fingerprint density at radius 1 is 1.60 bits per heavy atom. The van der Waals surface area contributed by atoms with Gasteiger partial charge in [0.05, 0.1) is 0 Å². The van der Waals surface area contributed by atoms with Gasteiger partial charge in [-0.3, -0.25) is 4.79 Å². The quantitative estimate of drug-likeness (QED) is 0.408. The van der Waals surface area contributed by atoms with E-state index in [1.54, 1.807) is 0 Å². The van der Waals surface area contributed by atoms with Crippen molar-refractivity contribution >= 4 is 29.0 Å². The predicted molar refractivity (Wildman–Crippen MR) is 40.2 cm³/mol. The molecule has 0 amide bonds. The zero-order valence-electron chi connectivity index (χ0n) is 5.18. The zero-order chi connectivity index (χ0) is 7.35. The number of hydrogen-bond donors (Lipinski definition) is 0. The maximum Gasteiger partial charge on any atom is 0.180 e. The lowest BCUT2D eigenvalue weighted by Crippen LogP contribution is -2.53. The lowest BCUT2D eigenvalue weighted by atomic mass is 9.73. The first-order valence-electron chi connectivity index (χ1n) is 3.23. The number of allylic oxidation sites excluding steroid dienone is 2. The molecule has 2 rings (SSSR count). The van der Waals surface area contributed by atoms with Crippen molar-refractivity contribution in [3.63, 3.8) is 0 Å². The molecule has 0 unspecified atom stereocenters. The molecule has 54 valence electrons. The fourth-order valence-corrected chi connectivity index (χ4v) is 2.31. The topological polar surface area (TPSA) is 17.1 Å². The van der Waals surface area contributed by atoms with E-state index in [0.717, 1.165) is 6.42 Å². The summed E-state index contributed by atoms with van der Waals surface area (Å²) in [5.41, 5.74) is 0. The van der Waals surface area contributed by atoms with E-state index in [-0.39, 0.29) is 17.6 Å². The number of carbonyl (C=O) groups is 1. The van der Waals surface area contributed by atoms with Gasteiger partial charge in [0.25, 0.3) is 0 Å². The van der Waals surface area contributed by atoms with Crippen LogP contribution in [0.15, 0.2) is 12.2 Å². The molecule has 2 atom stereocenters. The van der Waals surface area contributed by atoms with Crippen LogP contribution in [-0.4, -0.2) is 10.1 Å². The van der Waals surface area contributed by atoms with Crippen molar-refractivity contribution in [2.45, 2.75) is 10.8 Å². The van der Waals surface area contributed by atoms with Crippen molar-refractivity contribution in [2.24, 2.45) is 11.8 Å². The second-order valence-corrected chi connectivity index (χ2v) is 4.17. The molecule has 0 aromatic carbocycles. The number of ketones is 1. The van der Waals surface area contributed by atoms with Crippen LogP contribution in [0.25, 0.3) is 0 Å². The summed E-state index contributed by atoms with van der Waals surface area (Å²) in [5.74, 6) is 0.146. The largest absolute Gasteiger partial charge is 0.296 e. The van der Waals surface area contributed by atoms with Crippen LogP contribution in [0, 0.1) is 11.8 Å². The highest BCUT2D eigenvalue weighted by molar-refractivity contribution is 6.61. The summed E-state index contributed by atoms with van der Waals surface area (Å²) in [6, 6.07) is 0. The molecule has 10 heavy (non-hydrogen) atoms. The molecule has 0 aromatic heterocycles. The molecule has 2 aliphatic carbocycles. The smallest absolute Gasteiger partial charge is 0.180 e. The normalized spacial score (nSPS) is 41.2. The Hall–Kier alpha value is -0.0100. The van der Waals surface area contributed by atoms with Gasteiger partial charge in [0.1, 0.15) is 0 Å². The summed E-state index contributed by atoms with van der Waals surface area (Å²) in [7, 11) is 0. The second kappa shape index (κ2) is 1.77. The van der Waals surface area contributed by atoms with Gasteiger partial charge in [0.15, 0.2) is 10.1 Å². The van der Waals surface area contributed by atoms with Gasteiger partial charge < -0.3 is 0 Å². The molecule has 0 aliphatic heterocycles. The lowest BCUT2D eigenvalue weighted by Gasteiger charge is -2.40. The lowest BCUT2D eigenvalue weighted by molar-refractivity contribution is -0.132. The highest BCUT2D eigenvalue weighted by Crippen LogP contribution is 2.53. The Labute approximate surface area is 69.0 Å². The Morgan fingerprint density at radius 2 is 2.30 bits per heavy atom. The molecular formula is C7H6Cl2O. The van der Waals surface area contributed by atoms with E-state index < -0.39 is 4.33 Å². The van der Waals surface area contributed by atoms with Crippen LogP contribution in [0.3, 0.4) is 0 Å². The van der Waals surface area contributed by atoms with Gasteiger partial charge in [-0.1, -0.05) is 35.4 Å². The molecule has 2 aliphatic rings. The van der Waals surface area contributed by atoms with Gasteiger partial charge in [-0.2, -0.15) is 0 Å². The van der Waals surface area contributed by atoms with E-state index >= 15 is 0 Å². The third kappa shape index (κ3) is 0.578. The van der Waals surface area contributed by atoms with Crippen molar-refractivity contribution < 1.29 is 4.79 Å². The van der Waals surface area contributed by atoms with Crippen molar-refractivity contribution in [3.8, 4) is 0 Å². The SMILES string of the molecule is O=C1[C@H]2C=CC[C@@H]2C1(Cl)Cl. The van der Waals surface area contributed by atoms with E-state index in [4.69, 9.17) is 23.2 Å². The minimum Gasteiger partial charge on any atom is -0.296 e. The number of Topliss-reactive ketones (excluding diaryl/α,β-unsaturated/α-hetero) is 1. The molecular weight excluding hydrogens is 171 g/mol. The molecule has 0 aromatic rings. The van der Waals surface area contributed by atoms with Crippen LogP contribution in [0.2, 0.25) is 0 Å². The van der Waals surface area contributed by atoms with E-state index in [0.29, 0.717) is 0 Å². The molecule has 1 saturated carbocycles. The van der Waals surface area contributed by atoms with Crippen LogP contribution in [0.1, 0.15) is 6.42 Å². The summed E-state index contributed by atoms with van der Waals surface area (Å²) in [6.07, 6.45) is 4.72. The first-order chi connectivity index (χ1) is 4.64. The molecule has 0 radical (unpaired) electrons. The Kier molecular flexibility index (Phi) is 1.19. The van der Waals surface area contributed by atoms with Gasteiger partial charge in [-0.15, -0.1) is 0 Å². The fraction of sp³-hybridized carbons (Fsp3) is 0.571. The number of carbonyl (C=O) groups excluding carboxylic acids is 1. The summed E-state index contributed by atoms with van der Waals surface area (Å²) in [5, 5.41) is 0. The molecule has 0 heterocycles. The number of alkyl halides is 2. The zero-order valence-corrected chi connectivity index (χ0v) is 6.69. The van der Waals surface area contributed by atoms with Crippen LogP contribution in [0.5, 0.6) is 0 Å². The Bertz CT molecular complexity index is 220. The fourth-order valence-electron chi connectivity index (χ4n) is 1.60. The third-order valence-electron chi connectivity index (χ3n) is 2.26. The third-order valence-corrected chi connectivity index (χ3v) is 3.20. The highest BCUT2D eigenvalue weighted by Gasteiger charge is 2.60. The molecule has 0 N–H and O–H groups in total. The second-order valence-electron chi connectivity index (χ2n) is 2.78. The number of hydrogen-bond acceptors (Lipinski definition) is 1. The molecule has 0 spiro atoms. The van der Waals surface area contributed by atoms with E-state index in [1.807, 2.05) is 12.2 Å². The van der Waals surface area contributed by atoms with Gasteiger partial charge in [-0.05, 0) is 6.42 Å². The Morgan fingerprint density at radius 3 is 2.90 bits per heavy atom. The molecule has 3 heteroatoms. The maximum absolute atomic E-state index is 11.0. The highest BCUT2D eigenvalue weighted by atomic mass is 35.5. The predicted octanol–water partition coefficient (Wildman–Crippen LogP) is 1.94. The van der Waals surface area contributed by atoms with E-state index in [1.165, 1.54) is 0 Å². The molecule has 1 fully saturated rings. The van der Waals surface area contributed by atoms with Crippen LogP contribution in [0.4, 0.5) is 0 Å².